The number of pyridine rings is 3. The van der Waals surface area contributed by atoms with Gasteiger partial charge in [0.2, 0.25) is 0 Å². The lowest BCUT2D eigenvalue weighted by molar-refractivity contribution is -0.144. The largest absolute Gasteiger partial charge is 0.493 e. The molecule has 0 aliphatic carbocycles. The molecule has 4 aromatic rings. The third-order valence-electron chi connectivity index (χ3n) is 9.62. The molecule has 4 atom stereocenters. The molecular formula is C50H67N7O12. The van der Waals surface area contributed by atoms with E-state index in [0.29, 0.717) is 34.6 Å². The van der Waals surface area contributed by atoms with Crippen molar-refractivity contribution >= 4 is 41.6 Å². The third-order valence-corrected chi connectivity index (χ3v) is 9.62. The van der Waals surface area contributed by atoms with E-state index in [1.807, 2.05) is 47.6 Å². The smallest absolute Gasteiger partial charge is 0.334 e. The first kappa shape index (κ1) is 59.5. The fourth-order valence-electron chi connectivity index (χ4n) is 5.47. The summed E-state index contributed by atoms with van der Waals surface area (Å²) in [6.45, 7) is 18.3. The molecule has 0 aliphatic rings. The van der Waals surface area contributed by atoms with Crippen LogP contribution in [-0.4, -0.2) is 107 Å². The quantitative estimate of drug-likeness (QED) is 0.0484. The number of ether oxygens (including phenoxy) is 4. The number of carboxylic acid groups (broad SMARTS) is 1. The number of carboxylic acids is 1. The van der Waals surface area contributed by atoms with Crippen LogP contribution in [0, 0.1) is 23.7 Å². The number of rotatable bonds is 18. The summed E-state index contributed by atoms with van der Waals surface area (Å²) in [5.41, 5.74) is 7.54. The molecule has 0 fully saturated rings. The first-order chi connectivity index (χ1) is 32.6. The molecule has 3 amide bonds. The maximum atomic E-state index is 12.7. The van der Waals surface area contributed by atoms with E-state index in [9.17, 15) is 33.6 Å². The van der Waals surface area contributed by atoms with Crippen LogP contribution in [0.1, 0.15) is 92.0 Å². The van der Waals surface area contributed by atoms with Gasteiger partial charge in [0.15, 0.2) is 11.5 Å². The molecule has 0 aliphatic heterocycles. The number of nitrogens with one attached hydrogen (secondary N) is 3. The number of carbonyl (C=O) groups is 7. The molecular weight excluding hydrogens is 891 g/mol. The average Bonchev–Trinajstić information content (AvgIpc) is 3.34. The van der Waals surface area contributed by atoms with Crippen LogP contribution in [0.4, 0.5) is 0 Å². The molecule has 0 spiro atoms. The lowest BCUT2D eigenvalue weighted by Gasteiger charge is -2.21. The highest BCUT2D eigenvalue weighted by Crippen LogP contribution is 2.29. The Kier molecular flexibility index (Phi) is 27.1. The van der Waals surface area contributed by atoms with Gasteiger partial charge in [-0.1, -0.05) is 67.5 Å². The number of methoxy groups -OCH3 is 3. The molecule has 69 heavy (non-hydrogen) atoms. The van der Waals surface area contributed by atoms with Gasteiger partial charge >= 0.3 is 23.9 Å². The Balaban J connectivity index is 0.000000493. The van der Waals surface area contributed by atoms with Gasteiger partial charge in [-0.05, 0) is 84.2 Å². The fraction of sp³-hybridized carbons (Fsp3) is 0.400. The van der Waals surface area contributed by atoms with Gasteiger partial charge in [0.25, 0.3) is 17.7 Å². The summed E-state index contributed by atoms with van der Waals surface area (Å²) >= 11 is 0. The topological polar surface area (TPSA) is 277 Å². The molecule has 6 N–H and O–H groups in total. The minimum atomic E-state index is -1.03. The summed E-state index contributed by atoms with van der Waals surface area (Å²) in [6.07, 6.45) is 11.5. The fourth-order valence-corrected chi connectivity index (χ4v) is 5.47. The van der Waals surface area contributed by atoms with Gasteiger partial charge in [0, 0.05) is 37.2 Å². The summed E-state index contributed by atoms with van der Waals surface area (Å²) in [5, 5.41) is 16.7. The zero-order chi connectivity index (χ0) is 52.2. The van der Waals surface area contributed by atoms with Crippen molar-refractivity contribution in [1.29, 1.82) is 0 Å². The number of esters is 3. The molecule has 0 bridgehead atoms. The van der Waals surface area contributed by atoms with Crippen LogP contribution in [0.25, 0.3) is 0 Å². The van der Waals surface area contributed by atoms with Gasteiger partial charge in [-0.2, -0.15) is 0 Å². The van der Waals surface area contributed by atoms with Gasteiger partial charge in [-0.3, -0.25) is 34.1 Å². The average molecular weight is 958 g/mol. The van der Waals surface area contributed by atoms with Crippen LogP contribution in [-0.2, 0) is 35.1 Å². The van der Waals surface area contributed by atoms with Crippen LogP contribution in [0.3, 0.4) is 0 Å². The Bertz CT molecular complexity index is 2240. The summed E-state index contributed by atoms with van der Waals surface area (Å²) in [4.78, 5) is 93.0. The second kappa shape index (κ2) is 31.4. The highest BCUT2D eigenvalue weighted by Gasteiger charge is 2.28. The Morgan fingerprint density at radius 1 is 0.594 bits per heavy atom. The van der Waals surface area contributed by atoms with Crippen molar-refractivity contribution in [3.8, 4) is 11.5 Å². The van der Waals surface area contributed by atoms with Crippen molar-refractivity contribution in [2.75, 3.05) is 21.3 Å². The van der Waals surface area contributed by atoms with E-state index in [0.717, 1.165) is 5.56 Å². The number of carbonyl (C=O) groups excluding carboxylic acids is 6. The molecule has 4 rings (SSSR count). The van der Waals surface area contributed by atoms with Crippen molar-refractivity contribution in [3.05, 3.63) is 127 Å². The number of aromatic nitrogens is 3. The molecule has 374 valence electrons. The predicted molar refractivity (Wildman–Crippen MR) is 258 cm³/mol. The lowest BCUT2D eigenvalue weighted by Crippen LogP contribution is -2.46. The molecule has 19 nitrogen and oxygen atoms in total. The van der Waals surface area contributed by atoms with Gasteiger partial charge < -0.3 is 45.7 Å². The summed E-state index contributed by atoms with van der Waals surface area (Å²) in [7, 11) is 4.15. The Morgan fingerprint density at radius 2 is 1.00 bits per heavy atom. The van der Waals surface area contributed by atoms with Gasteiger partial charge in [0.05, 0.1) is 38.0 Å². The summed E-state index contributed by atoms with van der Waals surface area (Å²) in [5.74, 6) is -2.99. The number of nitrogens with zero attached hydrogens (tertiary/aromatic N) is 3. The minimum Gasteiger partial charge on any atom is -0.493 e. The zero-order valence-electron chi connectivity index (χ0n) is 41.1. The van der Waals surface area contributed by atoms with Crippen LogP contribution in [0.5, 0.6) is 11.5 Å². The lowest BCUT2D eigenvalue weighted by atomic mass is 10.0. The Hall–Kier alpha value is -7.54. The maximum Gasteiger partial charge on any atom is 0.334 e. The van der Waals surface area contributed by atoms with E-state index < -0.39 is 48.0 Å². The molecule has 3 heterocycles. The number of nitrogens with two attached hydrogens (primary N) is 1. The van der Waals surface area contributed by atoms with Crippen LogP contribution < -0.4 is 31.2 Å². The van der Waals surface area contributed by atoms with E-state index in [2.05, 4.69) is 47.0 Å². The van der Waals surface area contributed by atoms with E-state index in [1.54, 1.807) is 87.0 Å². The van der Waals surface area contributed by atoms with Crippen LogP contribution in [0.2, 0.25) is 0 Å². The Morgan fingerprint density at radius 3 is 1.30 bits per heavy atom. The molecule has 19 heteroatoms. The van der Waals surface area contributed by atoms with E-state index in [4.69, 9.17) is 20.3 Å². The number of hydrogen-bond acceptors (Lipinski definition) is 15. The van der Waals surface area contributed by atoms with Gasteiger partial charge in [-0.15, -0.1) is 6.58 Å². The van der Waals surface area contributed by atoms with Crippen molar-refractivity contribution in [2.45, 2.75) is 86.0 Å². The number of allylic oxidation sites excluding steroid dienone is 1. The molecule has 1 aromatic carbocycles. The summed E-state index contributed by atoms with van der Waals surface area (Å²) in [6, 6.07) is 12.3. The summed E-state index contributed by atoms with van der Waals surface area (Å²) < 4.78 is 19.9. The van der Waals surface area contributed by atoms with Crippen LogP contribution >= 0.6 is 0 Å². The normalized spacial score (nSPS) is 12.1. The second-order valence-electron chi connectivity index (χ2n) is 16.4. The number of hydrogen-bond donors (Lipinski definition) is 5. The monoisotopic (exact) mass is 957 g/mol. The van der Waals surface area contributed by atoms with Crippen molar-refractivity contribution in [2.24, 2.45) is 29.4 Å². The first-order valence-electron chi connectivity index (χ1n) is 21.9. The van der Waals surface area contributed by atoms with Crippen molar-refractivity contribution < 1.29 is 57.6 Å². The third kappa shape index (κ3) is 21.3. The minimum absolute atomic E-state index is 0.0388. The zero-order valence-corrected chi connectivity index (χ0v) is 41.1. The second-order valence-corrected chi connectivity index (χ2v) is 16.4. The van der Waals surface area contributed by atoms with E-state index >= 15 is 0 Å². The van der Waals surface area contributed by atoms with Gasteiger partial charge in [-0.25, -0.2) is 14.4 Å². The highest BCUT2D eigenvalue weighted by molar-refractivity contribution is 5.98. The number of amides is 3. The first-order valence-corrected chi connectivity index (χ1v) is 21.9. The maximum absolute atomic E-state index is 12.7. The predicted octanol–water partition coefficient (Wildman–Crippen LogP) is 5.25. The number of aliphatic carboxylic acids is 1. The molecule has 0 saturated carbocycles. The molecule has 0 radical (unpaired) electrons. The van der Waals surface area contributed by atoms with Crippen molar-refractivity contribution in [1.82, 2.24) is 30.9 Å². The van der Waals surface area contributed by atoms with E-state index in [1.165, 1.54) is 39.9 Å². The molecule has 3 aromatic heterocycles. The number of benzene rings is 1. The standard InChI is InChI=1S/C21H24N2O4.C12H16N2O3.C11H14N2O3.C6H13NO2/c1-5-7-15-9-10-17(18(12-15)26-4)27-21(25)19(14(2)3)23-20(24)16-8-6-11-22-13-16;1-8(2)10(12(16)17-3)14-11(15)9-5-4-6-13-7-9;1-7(2)9(11(15)16)13-10(14)8-4-3-5-12-6-8;1-4(2)5(7)6(8)9-3/h5-6,8-14,19H,1,7H2,2-4H3,(H,23,24);4-8,10H,1-3H3,(H,14,15);3-7,9H,1-2H3,(H,13,14)(H,15,16);4-5H,7H2,1-3H3. The molecule has 4 unspecified atom stereocenters. The van der Waals surface area contributed by atoms with Crippen LogP contribution in [0.15, 0.2) is 104 Å². The Labute approximate surface area is 404 Å². The van der Waals surface area contributed by atoms with Crippen molar-refractivity contribution in [3.63, 3.8) is 0 Å². The SMILES string of the molecule is C=CCc1ccc(OC(=O)C(NC(=O)c2cccnc2)C(C)C)c(OC)c1.CC(C)C(NC(=O)c1cccnc1)C(=O)O.COC(=O)C(N)C(C)C.COC(=O)C(NC(=O)c1cccnc1)C(C)C. The van der Waals surface area contributed by atoms with E-state index in [-0.39, 0.29) is 41.5 Å². The van der Waals surface area contributed by atoms with Gasteiger partial charge in [0.1, 0.15) is 24.2 Å². The highest BCUT2D eigenvalue weighted by atomic mass is 16.6. The molecule has 0 saturated heterocycles.